The van der Waals surface area contributed by atoms with E-state index in [1.165, 1.54) is 0 Å². The van der Waals surface area contributed by atoms with E-state index in [0.29, 0.717) is 31.7 Å². The van der Waals surface area contributed by atoms with E-state index < -0.39 is 5.97 Å². The summed E-state index contributed by atoms with van der Waals surface area (Å²) >= 11 is 0. The second-order valence-electron chi connectivity index (χ2n) is 3.89. The van der Waals surface area contributed by atoms with Crippen molar-refractivity contribution in [1.82, 2.24) is 10.6 Å². The van der Waals surface area contributed by atoms with Crippen molar-refractivity contribution in [2.75, 3.05) is 26.8 Å². The maximum absolute atomic E-state index is 11.3. The number of carbonyl (C=O) groups excluding carboxylic acids is 1. The van der Waals surface area contributed by atoms with E-state index in [1.807, 2.05) is 0 Å². The number of carboxylic acids is 1. The Morgan fingerprint density at radius 3 is 2.58 bits per heavy atom. The summed E-state index contributed by atoms with van der Waals surface area (Å²) in [5, 5.41) is 14.3. The molecule has 3 N–H and O–H groups in total. The fourth-order valence-corrected chi connectivity index (χ4v) is 1.59. The lowest BCUT2D eigenvalue weighted by atomic mass is 10.0. The van der Waals surface area contributed by atoms with Crippen LogP contribution in [0.15, 0.2) is 24.3 Å². The van der Waals surface area contributed by atoms with Crippen LogP contribution in [0.5, 0.6) is 0 Å². The summed E-state index contributed by atoms with van der Waals surface area (Å²) in [5.41, 5.74) is 0.969. The number of amides is 2. The highest BCUT2D eigenvalue weighted by atomic mass is 16.5. The van der Waals surface area contributed by atoms with Crippen LogP contribution in [0.3, 0.4) is 0 Å². The number of benzene rings is 1. The predicted octanol–water partition coefficient (Wildman–Crippen LogP) is 0.873. The van der Waals surface area contributed by atoms with E-state index in [9.17, 15) is 9.59 Å². The lowest BCUT2D eigenvalue weighted by Gasteiger charge is -2.08. The number of hydrogen-bond acceptors (Lipinski definition) is 3. The molecule has 0 spiro atoms. The van der Waals surface area contributed by atoms with Crippen molar-refractivity contribution in [2.24, 2.45) is 0 Å². The second-order valence-corrected chi connectivity index (χ2v) is 3.89. The number of aromatic carboxylic acids is 1. The van der Waals surface area contributed by atoms with Crippen LogP contribution in [0.4, 0.5) is 4.79 Å². The average Bonchev–Trinajstić information content (AvgIpc) is 2.39. The molecule has 19 heavy (non-hydrogen) atoms. The van der Waals surface area contributed by atoms with Crippen molar-refractivity contribution in [2.45, 2.75) is 6.42 Å². The van der Waals surface area contributed by atoms with Gasteiger partial charge in [0.2, 0.25) is 0 Å². The number of ether oxygens (including phenoxy) is 1. The van der Waals surface area contributed by atoms with Crippen LogP contribution in [0.25, 0.3) is 0 Å². The molecule has 0 saturated carbocycles. The first-order valence-electron chi connectivity index (χ1n) is 5.97. The Morgan fingerprint density at radius 1 is 1.21 bits per heavy atom. The summed E-state index contributed by atoms with van der Waals surface area (Å²) in [6.45, 7) is 1.27. The molecule has 6 nitrogen and oxygen atoms in total. The van der Waals surface area contributed by atoms with E-state index in [-0.39, 0.29) is 11.6 Å². The minimum Gasteiger partial charge on any atom is -0.478 e. The third-order valence-corrected chi connectivity index (χ3v) is 2.52. The fourth-order valence-electron chi connectivity index (χ4n) is 1.59. The lowest BCUT2D eigenvalue weighted by molar-refractivity contribution is 0.0695. The molecule has 0 unspecified atom stereocenters. The van der Waals surface area contributed by atoms with Gasteiger partial charge in [0, 0.05) is 20.2 Å². The first-order chi connectivity index (χ1) is 9.15. The van der Waals surface area contributed by atoms with Crippen molar-refractivity contribution in [3.63, 3.8) is 0 Å². The van der Waals surface area contributed by atoms with Crippen LogP contribution in [0.1, 0.15) is 15.9 Å². The van der Waals surface area contributed by atoms with E-state index in [2.05, 4.69) is 10.6 Å². The van der Waals surface area contributed by atoms with E-state index in [0.717, 1.165) is 0 Å². The fraction of sp³-hybridized carbons (Fsp3) is 0.385. The predicted molar refractivity (Wildman–Crippen MR) is 70.4 cm³/mol. The molecule has 0 saturated heterocycles. The zero-order valence-corrected chi connectivity index (χ0v) is 10.8. The summed E-state index contributed by atoms with van der Waals surface area (Å²) in [7, 11) is 1.56. The third-order valence-electron chi connectivity index (χ3n) is 2.52. The van der Waals surface area contributed by atoms with E-state index >= 15 is 0 Å². The normalized spacial score (nSPS) is 9.95. The highest BCUT2D eigenvalue weighted by molar-refractivity contribution is 5.89. The topological polar surface area (TPSA) is 87.7 Å². The third kappa shape index (κ3) is 5.39. The molecule has 1 rings (SSSR count). The molecule has 0 atom stereocenters. The van der Waals surface area contributed by atoms with Crippen LogP contribution in [0.2, 0.25) is 0 Å². The minimum absolute atomic E-state index is 0.268. The largest absolute Gasteiger partial charge is 0.478 e. The van der Waals surface area contributed by atoms with Gasteiger partial charge >= 0.3 is 12.0 Å². The van der Waals surface area contributed by atoms with Gasteiger partial charge in [-0.3, -0.25) is 0 Å². The zero-order valence-electron chi connectivity index (χ0n) is 10.8. The maximum atomic E-state index is 11.3. The van der Waals surface area contributed by atoms with Gasteiger partial charge in [-0.25, -0.2) is 9.59 Å². The Kier molecular flexibility index (Phi) is 6.38. The van der Waals surface area contributed by atoms with Gasteiger partial charge in [0.1, 0.15) is 0 Å². The molecule has 6 heteroatoms. The zero-order chi connectivity index (χ0) is 14.1. The van der Waals surface area contributed by atoms with Crippen LogP contribution in [0, 0.1) is 0 Å². The van der Waals surface area contributed by atoms with E-state index in [4.69, 9.17) is 9.84 Å². The smallest absolute Gasteiger partial charge is 0.335 e. The SMILES string of the molecule is COCCNC(=O)NCCc1ccccc1C(=O)O. The van der Waals surface area contributed by atoms with Gasteiger partial charge in [-0.2, -0.15) is 0 Å². The molecule has 0 fully saturated rings. The Labute approximate surface area is 111 Å². The van der Waals surface area contributed by atoms with Crippen LogP contribution >= 0.6 is 0 Å². The molecule has 1 aromatic rings. The Morgan fingerprint density at radius 2 is 1.89 bits per heavy atom. The van der Waals surface area contributed by atoms with Crippen molar-refractivity contribution >= 4 is 12.0 Å². The van der Waals surface area contributed by atoms with Gasteiger partial charge in [-0.15, -0.1) is 0 Å². The average molecular weight is 266 g/mol. The number of carboxylic acid groups (broad SMARTS) is 1. The quantitative estimate of drug-likeness (QED) is 0.639. The number of rotatable bonds is 7. The summed E-state index contributed by atoms with van der Waals surface area (Å²) in [5.74, 6) is -0.958. The molecular weight excluding hydrogens is 248 g/mol. The maximum Gasteiger partial charge on any atom is 0.335 e. The molecule has 0 heterocycles. The van der Waals surface area contributed by atoms with Crippen LogP contribution in [-0.4, -0.2) is 43.9 Å². The van der Waals surface area contributed by atoms with Crippen LogP contribution < -0.4 is 10.6 Å². The van der Waals surface area contributed by atoms with Crippen LogP contribution in [-0.2, 0) is 11.2 Å². The van der Waals surface area contributed by atoms with Gasteiger partial charge in [0.15, 0.2) is 0 Å². The van der Waals surface area contributed by atoms with Crippen molar-refractivity contribution in [3.8, 4) is 0 Å². The molecule has 0 bridgehead atoms. The standard InChI is InChI=1S/C13H18N2O4/c1-19-9-8-15-13(18)14-7-6-10-4-2-3-5-11(10)12(16)17/h2-5H,6-9H2,1H3,(H,16,17)(H2,14,15,18). The number of carbonyl (C=O) groups is 2. The summed E-state index contributed by atoms with van der Waals surface area (Å²) in [4.78, 5) is 22.3. The number of urea groups is 1. The van der Waals surface area contributed by atoms with Crippen molar-refractivity contribution in [3.05, 3.63) is 35.4 Å². The van der Waals surface area contributed by atoms with Gasteiger partial charge < -0.3 is 20.5 Å². The molecule has 1 aromatic carbocycles. The van der Waals surface area contributed by atoms with Crippen molar-refractivity contribution < 1.29 is 19.4 Å². The molecule has 0 aliphatic carbocycles. The van der Waals surface area contributed by atoms with Gasteiger partial charge in [-0.05, 0) is 18.1 Å². The minimum atomic E-state index is -0.958. The Balaban J connectivity index is 2.37. The summed E-state index contributed by atoms with van der Waals surface area (Å²) in [6.07, 6.45) is 0.472. The summed E-state index contributed by atoms with van der Waals surface area (Å²) in [6, 6.07) is 6.47. The first kappa shape index (κ1) is 15.0. The monoisotopic (exact) mass is 266 g/mol. The molecule has 0 aliphatic heterocycles. The molecule has 104 valence electrons. The number of nitrogens with one attached hydrogen (secondary N) is 2. The highest BCUT2D eigenvalue weighted by Crippen LogP contribution is 2.08. The summed E-state index contributed by atoms with van der Waals surface area (Å²) < 4.78 is 4.80. The van der Waals surface area contributed by atoms with Crippen molar-refractivity contribution in [1.29, 1.82) is 0 Å². The second kappa shape index (κ2) is 8.10. The number of hydrogen-bond donors (Lipinski definition) is 3. The molecule has 0 aliphatic rings. The van der Waals surface area contributed by atoms with E-state index in [1.54, 1.807) is 31.4 Å². The van der Waals surface area contributed by atoms with Gasteiger partial charge in [0.05, 0.1) is 12.2 Å². The molecule has 0 radical (unpaired) electrons. The molecular formula is C13H18N2O4. The van der Waals surface area contributed by atoms with Gasteiger partial charge in [-0.1, -0.05) is 18.2 Å². The first-order valence-corrected chi connectivity index (χ1v) is 5.97. The Bertz CT molecular complexity index is 434. The molecule has 2 amide bonds. The highest BCUT2D eigenvalue weighted by Gasteiger charge is 2.08. The Hall–Kier alpha value is -2.08. The lowest BCUT2D eigenvalue weighted by Crippen LogP contribution is -2.38. The molecule has 0 aromatic heterocycles. The number of methoxy groups -OCH3 is 1. The van der Waals surface area contributed by atoms with Gasteiger partial charge in [0.25, 0.3) is 0 Å².